The van der Waals surface area contributed by atoms with Gasteiger partial charge in [0.2, 0.25) is 5.91 Å². The van der Waals surface area contributed by atoms with E-state index in [0.29, 0.717) is 13.2 Å². The lowest BCUT2D eigenvalue weighted by molar-refractivity contribution is -0.120. The summed E-state index contributed by atoms with van der Waals surface area (Å²) in [5, 5.41) is 0. The van der Waals surface area contributed by atoms with E-state index in [1.807, 2.05) is 23.1 Å². The van der Waals surface area contributed by atoms with Crippen molar-refractivity contribution in [3.8, 4) is 0 Å². The number of hydrogen-bond acceptors (Lipinski definition) is 2. The highest BCUT2D eigenvalue weighted by Gasteiger charge is 2.58. The molecule has 1 aliphatic carbocycles. The van der Waals surface area contributed by atoms with Crippen LogP contribution in [0.3, 0.4) is 0 Å². The minimum atomic E-state index is -0.162. The second kappa shape index (κ2) is 3.32. The zero-order valence-corrected chi connectivity index (χ0v) is 9.40. The number of fused-ring (bicyclic) bond motifs is 2. The average molecular weight is 217 g/mol. The second-order valence-electron chi connectivity index (χ2n) is 4.55. The fourth-order valence-electron chi connectivity index (χ4n) is 2.61. The average Bonchev–Trinajstić information content (AvgIpc) is 3.07. The van der Waals surface area contributed by atoms with E-state index in [1.54, 1.807) is 7.11 Å². The fourth-order valence-corrected chi connectivity index (χ4v) is 2.61. The Morgan fingerprint density at radius 2 is 2.12 bits per heavy atom. The fraction of sp³-hybridized carbons (Fsp3) is 0.462. The van der Waals surface area contributed by atoms with Gasteiger partial charge in [-0.3, -0.25) is 4.79 Å². The summed E-state index contributed by atoms with van der Waals surface area (Å²) in [5.74, 6) is 0.269. The number of rotatable bonds is 3. The third-order valence-electron chi connectivity index (χ3n) is 3.63. The molecule has 0 radical (unpaired) electrons. The number of ether oxygens (including phenoxy) is 1. The van der Waals surface area contributed by atoms with E-state index in [1.165, 1.54) is 5.56 Å². The van der Waals surface area contributed by atoms with Gasteiger partial charge in [-0.05, 0) is 24.5 Å². The Bertz CT molecular complexity index is 437. The number of benzene rings is 1. The van der Waals surface area contributed by atoms with Gasteiger partial charge in [0.15, 0.2) is 0 Å². The van der Waals surface area contributed by atoms with E-state index >= 15 is 0 Å². The Morgan fingerprint density at radius 3 is 2.81 bits per heavy atom. The van der Waals surface area contributed by atoms with Crippen LogP contribution in [0.5, 0.6) is 0 Å². The van der Waals surface area contributed by atoms with Gasteiger partial charge in [0.25, 0.3) is 0 Å². The van der Waals surface area contributed by atoms with Crippen LogP contribution in [-0.4, -0.2) is 26.2 Å². The lowest BCUT2D eigenvalue weighted by atomic mass is 9.98. The summed E-state index contributed by atoms with van der Waals surface area (Å²) >= 11 is 0. The van der Waals surface area contributed by atoms with Crippen LogP contribution in [-0.2, 0) is 14.9 Å². The van der Waals surface area contributed by atoms with Crippen molar-refractivity contribution in [1.29, 1.82) is 0 Å². The summed E-state index contributed by atoms with van der Waals surface area (Å²) < 4.78 is 5.06. The van der Waals surface area contributed by atoms with Crippen LogP contribution >= 0.6 is 0 Å². The van der Waals surface area contributed by atoms with Gasteiger partial charge in [-0.25, -0.2) is 0 Å². The Hall–Kier alpha value is -1.35. The smallest absolute Gasteiger partial charge is 0.237 e. The summed E-state index contributed by atoms with van der Waals surface area (Å²) in [4.78, 5) is 14.2. The van der Waals surface area contributed by atoms with Crippen LogP contribution in [0, 0.1) is 0 Å². The molecule has 0 atom stereocenters. The molecule has 1 aromatic rings. The van der Waals surface area contributed by atoms with Crippen molar-refractivity contribution in [2.45, 2.75) is 18.3 Å². The van der Waals surface area contributed by atoms with E-state index < -0.39 is 0 Å². The van der Waals surface area contributed by atoms with Gasteiger partial charge in [0.05, 0.1) is 12.0 Å². The molecule has 0 saturated heterocycles. The van der Waals surface area contributed by atoms with Gasteiger partial charge in [-0.2, -0.15) is 0 Å². The quantitative estimate of drug-likeness (QED) is 0.771. The normalized spacial score (nSPS) is 20.3. The lowest BCUT2D eigenvalue weighted by Gasteiger charge is -2.17. The van der Waals surface area contributed by atoms with Crippen molar-refractivity contribution >= 4 is 11.6 Å². The van der Waals surface area contributed by atoms with Gasteiger partial charge in [-0.1, -0.05) is 18.2 Å². The third-order valence-corrected chi connectivity index (χ3v) is 3.63. The molecule has 1 aromatic carbocycles. The maximum Gasteiger partial charge on any atom is 0.237 e. The monoisotopic (exact) mass is 217 g/mol. The maximum absolute atomic E-state index is 12.3. The van der Waals surface area contributed by atoms with Crippen molar-refractivity contribution in [1.82, 2.24) is 0 Å². The number of nitrogens with zero attached hydrogens (tertiary/aromatic N) is 1. The van der Waals surface area contributed by atoms with Crippen LogP contribution in [0.1, 0.15) is 18.4 Å². The Labute approximate surface area is 95.0 Å². The van der Waals surface area contributed by atoms with Crippen molar-refractivity contribution in [2.24, 2.45) is 0 Å². The molecule has 3 rings (SSSR count). The standard InChI is InChI=1S/C13H15NO2/c1-16-9-8-14-11-5-3-2-4-10(11)13(6-7-13)12(14)15/h2-5H,6-9H2,1H3. The molecule has 0 bridgehead atoms. The highest BCUT2D eigenvalue weighted by atomic mass is 16.5. The van der Waals surface area contributed by atoms with Gasteiger partial charge < -0.3 is 9.64 Å². The van der Waals surface area contributed by atoms with Gasteiger partial charge in [-0.15, -0.1) is 0 Å². The third kappa shape index (κ3) is 1.15. The first-order valence-electron chi connectivity index (χ1n) is 5.70. The van der Waals surface area contributed by atoms with Crippen molar-refractivity contribution < 1.29 is 9.53 Å². The van der Waals surface area contributed by atoms with Crippen LogP contribution in [0.25, 0.3) is 0 Å². The summed E-state index contributed by atoms with van der Waals surface area (Å²) in [5.41, 5.74) is 2.14. The molecule has 1 aliphatic heterocycles. The molecule has 1 spiro atoms. The summed E-state index contributed by atoms with van der Waals surface area (Å²) in [7, 11) is 1.67. The highest BCUT2D eigenvalue weighted by Crippen LogP contribution is 2.57. The van der Waals surface area contributed by atoms with Gasteiger partial charge in [0, 0.05) is 19.3 Å². The number of para-hydroxylation sites is 1. The van der Waals surface area contributed by atoms with Crippen molar-refractivity contribution in [3.05, 3.63) is 29.8 Å². The molecule has 2 aliphatic rings. The topological polar surface area (TPSA) is 29.5 Å². The number of carbonyl (C=O) groups is 1. The SMILES string of the molecule is COCCN1C(=O)C2(CC2)c2ccccc21. The molecule has 1 amide bonds. The molecule has 1 saturated carbocycles. The molecule has 16 heavy (non-hydrogen) atoms. The first kappa shape index (κ1) is 9.85. The Morgan fingerprint density at radius 1 is 1.38 bits per heavy atom. The molecule has 0 unspecified atom stereocenters. The van der Waals surface area contributed by atoms with Crippen LogP contribution in [0.2, 0.25) is 0 Å². The summed E-state index contributed by atoms with van der Waals surface area (Å²) in [6.07, 6.45) is 2.01. The molecule has 0 N–H and O–H groups in total. The zero-order chi connectivity index (χ0) is 11.2. The van der Waals surface area contributed by atoms with Crippen LogP contribution in [0.15, 0.2) is 24.3 Å². The summed E-state index contributed by atoms with van der Waals surface area (Å²) in [6.45, 7) is 1.25. The van der Waals surface area contributed by atoms with E-state index in [4.69, 9.17) is 4.74 Å². The van der Waals surface area contributed by atoms with Gasteiger partial charge >= 0.3 is 0 Å². The maximum atomic E-state index is 12.3. The number of amides is 1. The molecule has 3 nitrogen and oxygen atoms in total. The number of carbonyl (C=O) groups excluding carboxylic acids is 1. The molecular formula is C13H15NO2. The Kier molecular flexibility index (Phi) is 2.04. The van der Waals surface area contributed by atoms with Crippen LogP contribution in [0.4, 0.5) is 5.69 Å². The van der Waals surface area contributed by atoms with E-state index in [2.05, 4.69) is 6.07 Å². The zero-order valence-electron chi connectivity index (χ0n) is 9.40. The van der Waals surface area contributed by atoms with Gasteiger partial charge in [0.1, 0.15) is 0 Å². The first-order valence-corrected chi connectivity index (χ1v) is 5.70. The predicted molar refractivity (Wildman–Crippen MR) is 61.6 cm³/mol. The molecule has 84 valence electrons. The van der Waals surface area contributed by atoms with Crippen molar-refractivity contribution in [2.75, 3.05) is 25.2 Å². The van der Waals surface area contributed by atoms with Crippen LogP contribution < -0.4 is 4.90 Å². The lowest BCUT2D eigenvalue weighted by Crippen LogP contribution is -2.34. The van der Waals surface area contributed by atoms with Crippen molar-refractivity contribution in [3.63, 3.8) is 0 Å². The number of methoxy groups -OCH3 is 1. The minimum Gasteiger partial charge on any atom is -0.383 e. The molecular weight excluding hydrogens is 202 g/mol. The van der Waals surface area contributed by atoms with E-state index in [9.17, 15) is 4.79 Å². The van der Waals surface area contributed by atoms with E-state index in [0.717, 1.165) is 18.5 Å². The van der Waals surface area contributed by atoms with E-state index in [-0.39, 0.29) is 11.3 Å². The molecule has 0 aromatic heterocycles. The Balaban J connectivity index is 1.99. The highest BCUT2D eigenvalue weighted by molar-refractivity contribution is 6.10. The molecule has 3 heteroatoms. The predicted octanol–water partition coefficient (Wildman–Crippen LogP) is 1.71. The first-order chi connectivity index (χ1) is 7.79. The number of hydrogen-bond donors (Lipinski definition) is 0. The second-order valence-corrected chi connectivity index (χ2v) is 4.55. The number of anilines is 1. The largest absolute Gasteiger partial charge is 0.383 e. The minimum absolute atomic E-state index is 0.162. The summed E-state index contributed by atoms with van der Waals surface area (Å²) in [6, 6.07) is 8.14. The molecule has 1 heterocycles. The molecule has 1 fully saturated rings.